The molecule has 0 saturated carbocycles. The summed E-state index contributed by atoms with van der Waals surface area (Å²) in [5.41, 5.74) is 0. The minimum absolute atomic E-state index is 0.0535. The molecule has 0 aromatic heterocycles. The summed E-state index contributed by atoms with van der Waals surface area (Å²) in [5.74, 6) is -1.47. The van der Waals surface area contributed by atoms with Crippen LogP contribution in [0.3, 0.4) is 0 Å². The predicted octanol–water partition coefficient (Wildman–Crippen LogP) is 14.0. The Hall–Kier alpha value is -2.71. The van der Waals surface area contributed by atoms with E-state index in [2.05, 4.69) is 62.5 Å². The number of quaternary nitrogens is 1. The summed E-state index contributed by atoms with van der Waals surface area (Å²) in [6.07, 6.45) is 51.5. The molecule has 2 unspecified atom stereocenters. The third-order valence-corrected chi connectivity index (χ3v) is 11.0. The lowest BCUT2D eigenvalue weighted by atomic mass is 10.0. The molecule has 0 aromatic rings. The molecular weight excluding hydrogens is 751 g/mol. The van der Waals surface area contributed by atoms with Crippen LogP contribution in [-0.2, 0) is 28.6 Å². The number of nitrogens with zero attached hydrogens (tertiary/aromatic N) is 1. The Morgan fingerprint density at radius 3 is 1.38 bits per heavy atom. The van der Waals surface area contributed by atoms with Gasteiger partial charge < -0.3 is 23.8 Å². The molecule has 0 aliphatic rings. The van der Waals surface area contributed by atoms with Gasteiger partial charge in [-0.15, -0.1) is 0 Å². The summed E-state index contributed by atoms with van der Waals surface area (Å²) in [5, 5.41) is 9.64. The van der Waals surface area contributed by atoms with Crippen LogP contribution in [0, 0.1) is 0 Å². The van der Waals surface area contributed by atoms with Gasteiger partial charge in [-0.05, 0) is 51.4 Å². The summed E-state index contributed by atoms with van der Waals surface area (Å²) in [4.78, 5) is 37.1. The molecule has 0 aliphatic heterocycles. The van der Waals surface area contributed by atoms with Gasteiger partial charge in [-0.25, -0.2) is 4.79 Å². The van der Waals surface area contributed by atoms with E-state index in [4.69, 9.17) is 14.2 Å². The fourth-order valence-electron chi connectivity index (χ4n) is 7.20. The minimum atomic E-state index is -0.876. The van der Waals surface area contributed by atoms with Crippen molar-refractivity contribution in [2.24, 2.45) is 0 Å². The van der Waals surface area contributed by atoms with Gasteiger partial charge in [-0.1, -0.05) is 191 Å². The van der Waals surface area contributed by atoms with E-state index < -0.39 is 18.1 Å². The number of allylic oxidation sites excluding steroid dienone is 8. The second-order valence-corrected chi connectivity index (χ2v) is 17.7. The number of esters is 2. The Kier molecular flexibility index (Phi) is 41.0. The Morgan fingerprint density at radius 1 is 0.517 bits per heavy atom. The Balaban J connectivity index is 4.28. The monoisotopic (exact) mass is 845 g/mol. The zero-order valence-electron chi connectivity index (χ0n) is 39.7. The molecule has 1 N–H and O–H groups in total. The molecule has 8 nitrogen and oxygen atoms in total. The van der Waals surface area contributed by atoms with Crippen LogP contribution in [-0.4, -0.2) is 80.6 Å². The Labute approximate surface area is 369 Å². The van der Waals surface area contributed by atoms with Crippen molar-refractivity contribution in [3.8, 4) is 0 Å². The van der Waals surface area contributed by atoms with Crippen molar-refractivity contribution >= 4 is 17.9 Å². The number of aliphatic carboxylic acids is 1. The van der Waals surface area contributed by atoms with E-state index >= 15 is 0 Å². The normalized spacial score (nSPS) is 13.3. The number of unbranched alkanes of at least 4 members (excludes halogenated alkanes) is 22. The molecule has 0 aromatic carbocycles. The van der Waals surface area contributed by atoms with Gasteiger partial charge in [0.25, 0.3) is 0 Å². The van der Waals surface area contributed by atoms with Crippen molar-refractivity contribution < 1.29 is 38.2 Å². The van der Waals surface area contributed by atoms with Crippen molar-refractivity contribution in [3.63, 3.8) is 0 Å². The van der Waals surface area contributed by atoms with E-state index in [0.29, 0.717) is 19.3 Å². The topological polar surface area (TPSA) is 99.1 Å². The van der Waals surface area contributed by atoms with Gasteiger partial charge in [-0.2, -0.15) is 0 Å². The third-order valence-electron chi connectivity index (χ3n) is 11.0. The first-order valence-electron chi connectivity index (χ1n) is 24.7. The molecule has 0 fully saturated rings. The number of carbonyl (C=O) groups excluding carboxylic acids is 2. The largest absolute Gasteiger partial charge is 0.477 e. The van der Waals surface area contributed by atoms with Crippen LogP contribution in [0.2, 0.25) is 0 Å². The fourth-order valence-corrected chi connectivity index (χ4v) is 7.20. The maximum Gasteiger partial charge on any atom is 0.362 e. The van der Waals surface area contributed by atoms with Gasteiger partial charge in [0.2, 0.25) is 0 Å². The number of carbonyl (C=O) groups is 3. The molecule has 8 heteroatoms. The third kappa shape index (κ3) is 40.7. The number of likely N-dealkylation sites (N-methyl/N-ethyl adjacent to an activating group) is 1. The highest BCUT2D eigenvalue weighted by Crippen LogP contribution is 2.16. The molecule has 0 aliphatic carbocycles. The van der Waals surface area contributed by atoms with Gasteiger partial charge in [0.1, 0.15) is 6.61 Å². The van der Waals surface area contributed by atoms with E-state index in [9.17, 15) is 19.5 Å². The predicted molar refractivity (Wildman–Crippen MR) is 252 cm³/mol. The molecule has 2 atom stereocenters. The lowest BCUT2D eigenvalue weighted by Gasteiger charge is -2.31. The average molecular weight is 845 g/mol. The number of rotatable bonds is 44. The molecule has 0 amide bonds. The average Bonchev–Trinajstić information content (AvgIpc) is 3.21. The zero-order chi connectivity index (χ0) is 44.2. The fraction of sp³-hybridized carbons (Fsp3) is 0.788. The quantitative estimate of drug-likeness (QED) is 0.0282. The van der Waals surface area contributed by atoms with Crippen LogP contribution in [0.1, 0.15) is 213 Å². The number of hydrogen-bond donors (Lipinski definition) is 1. The molecule has 0 radical (unpaired) electrons. The minimum Gasteiger partial charge on any atom is -0.477 e. The van der Waals surface area contributed by atoms with Crippen molar-refractivity contribution in [2.75, 3.05) is 41.0 Å². The summed E-state index contributed by atoms with van der Waals surface area (Å²) in [6, 6.07) is -0.617. The highest BCUT2D eigenvalue weighted by atomic mass is 16.6. The van der Waals surface area contributed by atoms with Crippen molar-refractivity contribution in [1.29, 1.82) is 0 Å². The molecule has 0 bridgehead atoms. The SMILES string of the molecule is CC/C=C/C/C=C/C/C=C/C/C=C/CCCCCCCCCC(=O)OC(COCCC(C(=O)O)[N+](C)(C)C)COC(=O)CCCCCCCCCCCCCCCCCC. The summed E-state index contributed by atoms with van der Waals surface area (Å²) in [7, 11) is 5.53. The van der Waals surface area contributed by atoms with Gasteiger partial charge in [0.05, 0.1) is 34.4 Å². The molecular formula is C52H94NO7+. The highest BCUT2D eigenvalue weighted by Gasteiger charge is 2.31. The van der Waals surface area contributed by atoms with E-state index in [1.54, 1.807) is 0 Å². The van der Waals surface area contributed by atoms with E-state index in [-0.39, 0.29) is 36.2 Å². The van der Waals surface area contributed by atoms with Crippen molar-refractivity contribution in [3.05, 3.63) is 48.6 Å². The van der Waals surface area contributed by atoms with Crippen LogP contribution in [0.25, 0.3) is 0 Å². The van der Waals surface area contributed by atoms with Gasteiger partial charge in [-0.3, -0.25) is 9.59 Å². The lowest BCUT2D eigenvalue weighted by molar-refractivity contribution is -0.887. The lowest BCUT2D eigenvalue weighted by Crippen LogP contribution is -2.50. The highest BCUT2D eigenvalue weighted by molar-refractivity contribution is 5.72. The Bertz CT molecular complexity index is 1120. The molecule has 0 heterocycles. The number of carboxylic acid groups (broad SMARTS) is 1. The van der Waals surface area contributed by atoms with Crippen molar-refractivity contribution in [2.45, 2.75) is 225 Å². The maximum absolute atomic E-state index is 12.8. The van der Waals surface area contributed by atoms with Crippen LogP contribution in [0.15, 0.2) is 48.6 Å². The molecule has 0 spiro atoms. The van der Waals surface area contributed by atoms with Crippen molar-refractivity contribution in [1.82, 2.24) is 0 Å². The van der Waals surface area contributed by atoms with Gasteiger partial charge >= 0.3 is 17.9 Å². The summed E-state index contributed by atoms with van der Waals surface area (Å²) >= 11 is 0. The molecule has 348 valence electrons. The maximum atomic E-state index is 12.8. The number of ether oxygens (including phenoxy) is 3. The first-order chi connectivity index (χ1) is 29.1. The summed E-state index contributed by atoms with van der Waals surface area (Å²) in [6.45, 7) is 4.63. The Morgan fingerprint density at radius 2 is 0.933 bits per heavy atom. The standard InChI is InChI=1S/C52H93NO7/c1-6-8-10-12-14-16-18-20-22-24-25-26-27-29-31-33-35-37-39-41-43-51(55)60-48(46-58-45-44-49(52(56)57)53(3,4)5)47-59-50(54)42-40-38-36-34-32-30-28-23-21-19-17-15-13-11-9-7-2/h8,10,14,16,20,22,25-26,48-49H,6-7,9,11-13,15,17-19,21,23-24,27-47H2,1-5H3/p+1/b10-8+,16-14+,22-20+,26-25+. The second-order valence-electron chi connectivity index (χ2n) is 17.7. The molecule has 0 rings (SSSR count). The van der Waals surface area contributed by atoms with Crippen LogP contribution >= 0.6 is 0 Å². The number of carboxylic acids is 1. The van der Waals surface area contributed by atoms with Crippen LogP contribution in [0.4, 0.5) is 0 Å². The molecule has 0 saturated heterocycles. The van der Waals surface area contributed by atoms with E-state index in [1.165, 1.54) is 109 Å². The summed E-state index contributed by atoms with van der Waals surface area (Å²) < 4.78 is 17.3. The number of hydrogen-bond acceptors (Lipinski definition) is 6. The van der Waals surface area contributed by atoms with Crippen LogP contribution in [0.5, 0.6) is 0 Å². The first-order valence-corrected chi connectivity index (χ1v) is 24.7. The van der Waals surface area contributed by atoms with Gasteiger partial charge in [0, 0.05) is 19.3 Å². The van der Waals surface area contributed by atoms with Gasteiger partial charge in [0.15, 0.2) is 12.1 Å². The van der Waals surface area contributed by atoms with E-state index in [0.717, 1.165) is 70.6 Å². The van der Waals surface area contributed by atoms with E-state index in [1.807, 2.05) is 21.1 Å². The smallest absolute Gasteiger partial charge is 0.362 e. The first kappa shape index (κ1) is 57.3. The second kappa shape index (κ2) is 43.0. The zero-order valence-corrected chi connectivity index (χ0v) is 39.7. The molecule has 60 heavy (non-hydrogen) atoms. The van der Waals surface area contributed by atoms with Crippen LogP contribution < -0.4 is 0 Å².